The molecule has 0 saturated carbocycles. The number of hydrogen-bond acceptors (Lipinski definition) is 6. The second kappa shape index (κ2) is 10.1. The Bertz CT molecular complexity index is 1020. The summed E-state index contributed by atoms with van der Waals surface area (Å²) in [7, 11) is 0. The Morgan fingerprint density at radius 1 is 1.13 bits per heavy atom. The van der Waals surface area contributed by atoms with Gasteiger partial charge in [0.2, 0.25) is 11.8 Å². The molecule has 0 aliphatic carbocycles. The largest absolute Gasteiger partial charge is 0.378 e. The lowest BCUT2D eigenvalue weighted by Gasteiger charge is -2.26. The van der Waals surface area contributed by atoms with Gasteiger partial charge in [-0.25, -0.2) is 4.98 Å². The Morgan fingerprint density at radius 3 is 2.73 bits per heavy atom. The molecule has 6 nitrogen and oxygen atoms in total. The number of benzene rings is 2. The molecule has 8 heteroatoms. The predicted octanol–water partition coefficient (Wildman–Crippen LogP) is 3.82. The zero-order valence-corrected chi connectivity index (χ0v) is 18.1. The number of carbonyl (C=O) groups excluding carboxylic acids is 2. The van der Waals surface area contributed by atoms with Crippen LogP contribution in [-0.2, 0) is 20.7 Å². The van der Waals surface area contributed by atoms with E-state index >= 15 is 0 Å². The van der Waals surface area contributed by atoms with Crippen molar-refractivity contribution in [3.05, 3.63) is 54.1 Å². The summed E-state index contributed by atoms with van der Waals surface area (Å²) < 4.78 is 7.15. The first-order valence-corrected chi connectivity index (χ1v) is 11.7. The van der Waals surface area contributed by atoms with Gasteiger partial charge in [-0.15, -0.1) is 11.3 Å². The summed E-state index contributed by atoms with van der Waals surface area (Å²) in [5.41, 5.74) is 2.80. The fourth-order valence-electron chi connectivity index (χ4n) is 3.20. The quantitative estimate of drug-likeness (QED) is 0.565. The van der Waals surface area contributed by atoms with Gasteiger partial charge < -0.3 is 15.0 Å². The van der Waals surface area contributed by atoms with Crippen molar-refractivity contribution < 1.29 is 14.3 Å². The number of hydrogen-bond donors (Lipinski definition) is 1. The number of amides is 2. The van der Waals surface area contributed by atoms with Gasteiger partial charge >= 0.3 is 0 Å². The highest BCUT2D eigenvalue weighted by Gasteiger charge is 2.17. The molecular weight excluding hydrogens is 418 g/mol. The van der Waals surface area contributed by atoms with Gasteiger partial charge in [0.1, 0.15) is 0 Å². The molecular formula is C22H23N3O3S2. The Balaban J connectivity index is 1.31. The molecule has 3 aromatic rings. The number of carbonyl (C=O) groups is 2. The van der Waals surface area contributed by atoms with Crippen LogP contribution in [0.25, 0.3) is 10.2 Å². The first kappa shape index (κ1) is 20.8. The summed E-state index contributed by atoms with van der Waals surface area (Å²) in [4.78, 5) is 31.0. The van der Waals surface area contributed by atoms with Gasteiger partial charge in [-0.3, -0.25) is 9.59 Å². The number of aryl methyl sites for hydroxylation is 1. The van der Waals surface area contributed by atoms with Crippen LogP contribution in [0.5, 0.6) is 0 Å². The third-order valence-electron chi connectivity index (χ3n) is 4.82. The average molecular weight is 442 g/mol. The third kappa shape index (κ3) is 5.59. The van der Waals surface area contributed by atoms with Crippen LogP contribution in [0.15, 0.2) is 52.9 Å². The van der Waals surface area contributed by atoms with E-state index in [1.807, 2.05) is 53.4 Å². The highest BCUT2D eigenvalue weighted by atomic mass is 32.2. The summed E-state index contributed by atoms with van der Waals surface area (Å²) in [5, 5.41) is 2.97. The van der Waals surface area contributed by atoms with Crippen molar-refractivity contribution in [1.82, 2.24) is 9.88 Å². The lowest BCUT2D eigenvalue weighted by Crippen LogP contribution is -2.41. The highest BCUT2D eigenvalue weighted by molar-refractivity contribution is 8.01. The van der Waals surface area contributed by atoms with E-state index in [1.54, 1.807) is 11.3 Å². The molecule has 156 valence electrons. The number of aromatic nitrogens is 1. The number of morpholine rings is 1. The number of nitrogens with one attached hydrogen (secondary N) is 1. The number of rotatable bonds is 7. The highest BCUT2D eigenvalue weighted by Crippen LogP contribution is 2.31. The number of thioether (sulfide) groups is 1. The molecule has 0 radical (unpaired) electrons. The molecule has 0 bridgehead atoms. The molecule has 2 aromatic carbocycles. The molecule has 2 amide bonds. The maximum absolute atomic E-state index is 12.3. The molecule has 0 spiro atoms. The Morgan fingerprint density at radius 2 is 1.93 bits per heavy atom. The van der Waals surface area contributed by atoms with Crippen LogP contribution in [0, 0.1) is 0 Å². The first-order valence-electron chi connectivity index (χ1n) is 9.90. The van der Waals surface area contributed by atoms with E-state index in [0.29, 0.717) is 44.9 Å². The molecule has 2 heterocycles. The second-order valence-corrected chi connectivity index (χ2v) is 9.23. The summed E-state index contributed by atoms with van der Waals surface area (Å²) >= 11 is 3.00. The molecule has 1 fully saturated rings. The first-order chi connectivity index (χ1) is 14.7. The second-order valence-electron chi connectivity index (χ2n) is 6.98. The topological polar surface area (TPSA) is 71.5 Å². The van der Waals surface area contributed by atoms with Gasteiger partial charge in [-0.2, -0.15) is 0 Å². The monoisotopic (exact) mass is 441 g/mol. The zero-order valence-electron chi connectivity index (χ0n) is 16.5. The Labute approximate surface area is 183 Å². The summed E-state index contributed by atoms with van der Waals surface area (Å²) in [5.74, 6) is 0.491. The van der Waals surface area contributed by atoms with E-state index in [0.717, 1.165) is 25.8 Å². The van der Waals surface area contributed by atoms with Crippen LogP contribution in [0.1, 0.15) is 12.0 Å². The van der Waals surface area contributed by atoms with Crippen molar-refractivity contribution in [3.63, 3.8) is 0 Å². The zero-order chi connectivity index (χ0) is 20.8. The van der Waals surface area contributed by atoms with Gasteiger partial charge in [0, 0.05) is 25.2 Å². The normalized spacial score (nSPS) is 14.1. The fraction of sp³-hybridized carbons (Fsp3) is 0.318. The fourth-order valence-corrected chi connectivity index (χ4v) is 5.21. The van der Waals surface area contributed by atoms with Crippen LogP contribution in [-0.4, -0.2) is 53.8 Å². The average Bonchev–Trinajstić information content (AvgIpc) is 3.19. The SMILES string of the molecule is O=C(CCc1ccccc1)Nc1ccc2nc(SCC(=O)N3CCOCC3)sc2c1. The maximum atomic E-state index is 12.3. The van der Waals surface area contributed by atoms with Gasteiger partial charge in [-0.1, -0.05) is 42.1 Å². The molecule has 30 heavy (non-hydrogen) atoms. The van der Waals surface area contributed by atoms with Crippen LogP contribution in [0.3, 0.4) is 0 Å². The summed E-state index contributed by atoms with van der Waals surface area (Å²) in [6.07, 6.45) is 1.16. The molecule has 1 saturated heterocycles. The van der Waals surface area contributed by atoms with Crippen molar-refractivity contribution in [2.45, 2.75) is 17.2 Å². The molecule has 1 aliphatic heterocycles. The predicted molar refractivity (Wildman–Crippen MR) is 121 cm³/mol. The van der Waals surface area contributed by atoms with Crippen molar-refractivity contribution in [2.24, 2.45) is 0 Å². The van der Waals surface area contributed by atoms with E-state index < -0.39 is 0 Å². The van der Waals surface area contributed by atoms with Gasteiger partial charge in [0.25, 0.3) is 0 Å². The standard InChI is InChI=1S/C22H23N3O3S2/c26-20(9-6-16-4-2-1-3-5-16)23-17-7-8-18-19(14-17)30-22(24-18)29-15-21(27)25-10-12-28-13-11-25/h1-5,7-8,14H,6,9-13,15H2,(H,23,26). The summed E-state index contributed by atoms with van der Waals surface area (Å²) in [6.45, 7) is 2.54. The van der Waals surface area contributed by atoms with Crippen LogP contribution in [0.4, 0.5) is 5.69 Å². The van der Waals surface area contributed by atoms with Crippen LogP contribution < -0.4 is 5.32 Å². The minimum atomic E-state index is -0.00609. The third-order valence-corrected chi connectivity index (χ3v) is 6.96. The molecule has 1 aromatic heterocycles. The van der Waals surface area contributed by atoms with Crippen LogP contribution >= 0.6 is 23.1 Å². The van der Waals surface area contributed by atoms with Gasteiger partial charge in [0.05, 0.1) is 29.2 Å². The van der Waals surface area contributed by atoms with Crippen molar-refractivity contribution in [3.8, 4) is 0 Å². The molecule has 1 aliphatic rings. The molecule has 1 N–H and O–H groups in total. The number of nitrogens with zero attached hydrogens (tertiary/aromatic N) is 2. The lowest BCUT2D eigenvalue weighted by molar-refractivity contribution is -0.132. The minimum absolute atomic E-state index is 0.00609. The Hall–Kier alpha value is -2.42. The van der Waals surface area contributed by atoms with Crippen LogP contribution in [0.2, 0.25) is 0 Å². The maximum Gasteiger partial charge on any atom is 0.233 e. The number of thiazole rings is 1. The summed E-state index contributed by atoms with van der Waals surface area (Å²) in [6, 6.07) is 15.7. The molecule has 0 unspecified atom stereocenters. The minimum Gasteiger partial charge on any atom is -0.378 e. The number of ether oxygens (including phenoxy) is 1. The smallest absolute Gasteiger partial charge is 0.233 e. The Kier molecular flexibility index (Phi) is 6.99. The van der Waals surface area contributed by atoms with E-state index in [-0.39, 0.29) is 11.8 Å². The molecule has 4 rings (SSSR count). The van der Waals surface area contributed by atoms with Gasteiger partial charge in [-0.05, 0) is 30.2 Å². The van der Waals surface area contributed by atoms with Crippen molar-refractivity contribution in [2.75, 3.05) is 37.4 Å². The van der Waals surface area contributed by atoms with Gasteiger partial charge in [0.15, 0.2) is 4.34 Å². The number of anilines is 1. The van der Waals surface area contributed by atoms with Crippen molar-refractivity contribution in [1.29, 1.82) is 0 Å². The van der Waals surface area contributed by atoms with E-state index in [1.165, 1.54) is 11.8 Å². The van der Waals surface area contributed by atoms with E-state index in [2.05, 4.69) is 10.3 Å². The molecule has 0 atom stereocenters. The van der Waals surface area contributed by atoms with Crippen molar-refractivity contribution >= 4 is 50.8 Å². The lowest BCUT2D eigenvalue weighted by atomic mass is 10.1. The number of fused-ring (bicyclic) bond motifs is 1. The van der Waals surface area contributed by atoms with E-state index in [9.17, 15) is 9.59 Å². The van der Waals surface area contributed by atoms with E-state index in [4.69, 9.17) is 4.74 Å².